The Hall–Kier alpha value is -2.89. The third-order valence-electron chi connectivity index (χ3n) is 4.17. The van der Waals surface area contributed by atoms with Gasteiger partial charge in [-0.3, -0.25) is 19.3 Å². The van der Waals surface area contributed by atoms with Crippen molar-refractivity contribution in [2.45, 2.75) is 19.1 Å². The zero-order valence-electron chi connectivity index (χ0n) is 18.9. The average molecular weight is 606 g/mol. The Morgan fingerprint density at radius 3 is 1.57 bits per heavy atom. The predicted molar refractivity (Wildman–Crippen MR) is 147 cm³/mol. The van der Waals surface area contributed by atoms with Crippen LogP contribution in [-0.4, -0.2) is 31.8 Å². The van der Waals surface area contributed by atoms with Crippen LogP contribution in [0.4, 0.5) is 15.4 Å². The molecule has 12 nitrogen and oxygen atoms in total. The first-order valence-electron chi connectivity index (χ1n) is 9.90. The lowest BCUT2D eigenvalue weighted by molar-refractivity contribution is -0.101. The van der Waals surface area contributed by atoms with Gasteiger partial charge in [0.15, 0.2) is 15.4 Å². The Labute approximate surface area is 234 Å². The van der Waals surface area contributed by atoms with Gasteiger partial charge in [-0.15, -0.1) is 63.1 Å². The van der Waals surface area contributed by atoms with E-state index in [0.29, 0.717) is 44.7 Å². The van der Waals surface area contributed by atoms with Crippen molar-refractivity contribution in [1.82, 2.24) is 20.0 Å². The fourth-order valence-corrected chi connectivity index (χ4v) is 4.55. The van der Waals surface area contributed by atoms with Gasteiger partial charge in [0.25, 0.3) is 11.8 Å². The van der Waals surface area contributed by atoms with Crippen molar-refractivity contribution in [3.63, 3.8) is 0 Å². The van der Waals surface area contributed by atoms with Crippen molar-refractivity contribution >= 4 is 85.2 Å². The van der Waals surface area contributed by atoms with E-state index < -0.39 is 11.8 Å². The van der Waals surface area contributed by atoms with Crippen LogP contribution in [0.3, 0.4) is 0 Å². The number of nitrogens with two attached hydrogens (primary N) is 4. The van der Waals surface area contributed by atoms with E-state index in [9.17, 15) is 9.59 Å². The largest absolute Gasteiger partial charge is 0.375 e. The summed E-state index contributed by atoms with van der Waals surface area (Å²) in [6.45, 7) is 0.354. The highest BCUT2D eigenvalue weighted by Gasteiger charge is 2.36. The maximum absolute atomic E-state index is 12.0. The first kappa shape index (κ1) is 30.3. The maximum atomic E-state index is 12.0. The smallest absolute Gasteiger partial charge is 0.285 e. The zero-order valence-corrected chi connectivity index (χ0v) is 22.9. The fraction of sp³-hybridized carbons (Fsp3) is 0.150. The topological polar surface area (TPSA) is 199 Å². The summed E-state index contributed by atoms with van der Waals surface area (Å²) in [6.07, 6.45) is 0. The molecule has 4 aromatic rings. The van der Waals surface area contributed by atoms with Gasteiger partial charge in [-0.2, -0.15) is 0 Å². The summed E-state index contributed by atoms with van der Waals surface area (Å²) in [5.41, 5.74) is 19.0. The molecule has 8 N–H and O–H groups in total. The molecule has 0 unspecified atom stereocenters. The van der Waals surface area contributed by atoms with Gasteiger partial charge >= 0.3 is 0 Å². The highest BCUT2D eigenvalue weighted by molar-refractivity contribution is 7.14. The SMILES string of the molecule is Cl.NOCc1csc(N)n1.Nc1nc(CCl)cs1.Nc1nc(CON2C(=O)c3ccccc3C2=O)cs1. The van der Waals surface area contributed by atoms with E-state index in [-0.39, 0.29) is 19.0 Å². The van der Waals surface area contributed by atoms with Crippen molar-refractivity contribution in [3.8, 4) is 0 Å². The molecule has 0 spiro atoms. The van der Waals surface area contributed by atoms with Gasteiger partial charge in [-0.1, -0.05) is 12.1 Å². The number of aromatic nitrogens is 3. The van der Waals surface area contributed by atoms with E-state index in [0.717, 1.165) is 16.5 Å². The monoisotopic (exact) mass is 604 g/mol. The zero-order chi connectivity index (χ0) is 26.1. The molecule has 4 heterocycles. The van der Waals surface area contributed by atoms with E-state index in [1.807, 2.05) is 10.8 Å². The Morgan fingerprint density at radius 1 is 0.784 bits per heavy atom. The Balaban J connectivity index is 0.000000223. The number of fused-ring (bicyclic) bond motifs is 1. The van der Waals surface area contributed by atoms with Crippen LogP contribution in [-0.2, 0) is 28.8 Å². The van der Waals surface area contributed by atoms with Crippen LogP contribution < -0.4 is 23.1 Å². The number of amides is 2. The molecule has 0 fully saturated rings. The van der Waals surface area contributed by atoms with Crippen molar-refractivity contribution in [3.05, 3.63) is 68.6 Å². The first-order chi connectivity index (χ1) is 17.3. The van der Waals surface area contributed by atoms with Crippen molar-refractivity contribution < 1.29 is 19.3 Å². The Bertz CT molecular complexity index is 1280. The van der Waals surface area contributed by atoms with Crippen LogP contribution in [0.1, 0.15) is 37.8 Å². The number of hydrogen-bond acceptors (Lipinski definition) is 14. The summed E-state index contributed by atoms with van der Waals surface area (Å²) in [4.78, 5) is 45.3. The van der Waals surface area contributed by atoms with Crippen LogP contribution in [0.15, 0.2) is 40.4 Å². The number of anilines is 3. The summed E-state index contributed by atoms with van der Waals surface area (Å²) in [7, 11) is 0. The van der Waals surface area contributed by atoms with Crippen LogP contribution in [0.5, 0.6) is 0 Å². The van der Waals surface area contributed by atoms with E-state index >= 15 is 0 Å². The quantitative estimate of drug-likeness (QED) is 0.143. The van der Waals surface area contributed by atoms with Gasteiger partial charge < -0.3 is 17.2 Å². The van der Waals surface area contributed by atoms with E-state index in [1.54, 1.807) is 29.6 Å². The van der Waals surface area contributed by atoms with Gasteiger partial charge in [-0.05, 0) is 12.1 Å². The molecular formula is C20H22Cl2N8O4S3. The number of hydrogen-bond donors (Lipinski definition) is 4. The molecule has 1 aliphatic rings. The third kappa shape index (κ3) is 8.58. The molecule has 17 heteroatoms. The van der Waals surface area contributed by atoms with Crippen molar-refractivity contribution in [1.29, 1.82) is 0 Å². The second-order valence-electron chi connectivity index (χ2n) is 6.70. The predicted octanol–water partition coefficient (Wildman–Crippen LogP) is 3.45. The lowest BCUT2D eigenvalue weighted by atomic mass is 10.1. The van der Waals surface area contributed by atoms with Crippen LogP contribution >= 0.6 is 58.0 Å². The lowest BCUT2D eigenvalue weighted by Crippen LogP contribution is -2.29. The molecular weight excluding hydrogens is 583 g/mol. The Morgan fingerprint density at radius 2 is 1.22 bits per heavy atom. The number of nitrogens with zero attached hydrogens (tertiary/aromatic N) is 4. The highest BCUT2D eigenvalue weighted by atomic mass is 35.5. The molecule has 0 aliphatic carbocycles. The van der Waals surface area contributed by atoms with Gasteiger partial charge in [0, 0.05) is 16.1 Å². The molecule has 0 atom stereocenters. The number of carbonyl (C=O) groups excluding carboxylic acids is 2. The molecule has 0 saturated heterocycles. The highest BCUT2D eigenvalue weighted by Crippen LogP contribution is 2.23. The van der Waals surface area contributed by atoms with Gasteiger partial charge in [0.05, 0.1) is 34.1 Å². The number of alkyl halides is 1. The van der Waals surface area contributed by atoms with Gasteiger partial charge in [0.2, 0.25) is 0 Å². The number of halogens is 2. The minimum atomic E-state index is -0.455. The molecule has 37 heavy (non-hydrogen) atoms. The molecule has 198 valence electrons. The molecule has 0 bridgehead atoms. The number of rotatable bonds is 6. The average Bonchev–Trinajstić information content (AvgIpc) is 3.64. The standard InChI is InChI=1S/C12H9N3O3S.C4H5ClN2S.C4H7N3OS.ClH/c13-12-14-7(6-19-12)5-18-15-10(16)8-3-1-2-4-9(8)11(15)17;5-1-3-2-8-4(6)7-3;5-4-7-3(1-8-6)2-9-4;/h1-4,6H,5H2,(H2,13,14);2H,1H2,(H2,6,7);2H,1,6H2,(H2,5,7);1H. The third-order valence-corrected chi connectivity index (χ3v) is 6.62. The van der Waals surface area contributed by atoms with Crippen molar-refractivity contribution in [2.75, 3.05) is 17.2 Å². The number of carbonyl (C=O) groups is 2. The molecule has 3 aromatic heterocycles. The van der Waals surface area contributed by atoms with E-state index in [1.165, 1.54) is 34.0 Å². The summed E-state index contributed by atoms with van der Waals surface area (Å²) in [5.74, 6) is 4.34. The summed E-state index contributed by atoms with van der Waals surface area (Å²) in [6, 6.07) is 6.60. The van der Waals surface area contributed by atoms with Gasteiger partial charge in [-0.25, -0.2) is 20.8 Å². The molecule has 0 saturated carbocycles. The van der Waals surface area contributed by atoms with Crippen molar-refractivity contribution in [2.24, 2.45) is 5.90 Å². The van der Waals surface area contributed by atoms with Crippen LogP contribution in [0.2, 0.25) is 0 Å². The first-order valence-corrected chi connectivity index (χ1v) is 13.1. The molecule has 1 aromatic carbocycles. The van der Waals surface area contributed by atoms with Crippen LogP contribution in [0.25, 0.3) is 0 Å². The fourth-order valence-electron chi connectivity index (χ4n) is 2.66. The second-order valence-corrected chi connectivity index (χ2v) is 9.64. The molecule has 1 aliphatic heterocycles. The van der Waals surface area contributed by atoms with Gasteiger partial charge in [0.1, 0.15) is 13.2 Å². The minimum Gasteiger partial charge on any atom is -0.375 e. The molecule has 2 amide bonds. The van der Waals surface area contributed by atoms with E-state index in [4.69, 9.17) is 39.5 Å². The number of benzene rings is 1. The number of thiazole rings is 3. The summed E-state index contributed by atoms with van der Waals surface area (Å²) in [5, 5.41) is 7.68. The second kappa shape index (κ2) is 14.7. The normalized spacial score (nSPS) is 11.7. The number of hydroxylamine groups is 2. The van der Waals surface area contributed by atoms with Crippen LogP contribution in [0, 0.1) is 0 Å². The van der Waals surface area contributed by atoms with E-state index in [2.05, 4.69) is 19.8 Å². The number of imide groups is 1. The number of nitrogen functional groups attached to an aromatic ring is 3. The maximum Gasteiger partial charge on any atom is 0.285 e. The minimum absolute atomic E-state index is 0. The Kier molecular flexibility index (Phi) is 12.1. The molecule has 5 rings (SSSR count). The summed E-state index contributed by atoms with van der Waals surface area (Å²) < 4.78 is 0. The summed E-state index contributed by atoms with van der Waals surface area (Å²) >= 11 is 9.49. The lowest BCUT2D eigenvalue weighted by Gasteiger charge is -2.11. The molecule has 0 radical (unpaired) electrons.